The van der Waals surface area contributed by atoms with Gasteiger partial charge in [0, 0.05) is 17.1 Å². The Labute approximate surface area is 162 Å². The maximum absolute atomic E-state index is 12.2. The van der Waals surface area contributed by atoms with Gasteiger partial charge in [0.05, 0.1) is 25.0 Å². The largest absolute Gasteiger partial charge is 0.497 e. The van der Waals surface area contributed by atoms with Gasteiger partial charge in [0.25, 0.3) is 0 Å². The summed E-state index contributed by atoms with van der Waals surface area (Å²) in [6.45, 7) is 2.09. The molecule has 0 amide bonds. The Morgan fingerprint density at radius 2 is 1.89 bits per heavy atom. The summed E-state index contributed by atoms with van der Waals surface area (Å²) in [6.07, 6.45) is 1.52. The number of ether oxygens (including phenoxy) is 2. The normalized spacial score (nSPS) is 10.8. The smallest absolute Gasteiger partial charge is 0.339 e. The first-order valence-corrected chi connectivity index (χ1v) is 8.97. The van der Waals surface area contributed by atoms with Gasteiger partial charge in [-0.1, -0.05) is 30.3 Å². The lowest BCUT2D eigenvalue weighted by Crippen LogP contribution is -2.05. The van der Waals surface area contributed by atoms with Crippen molar-refractivity contribution < 1.29 is 14.3 Å². The molecule has 0 saturated carbocycles. The van der Waals surface area contributed by atoms with E-state index in [1.54, 1.807) is 24.8 Å². The molecule has 0 N–H and O–H groups in total. The van der Waals surface area contributed by atoms with Gasteiger partial charge in [-0.05, 0) is 37.3 Å². The minimum atomic E-state index is -0.402. The Morgan fingerprint density at radius 3 is 2.64 bits per heavy atom. The number of aromatic nitrogens is 3. The van der Waals surface area contributed by atoms with Crippen LogP contribution >= 0.6 is 0 Å². The van der Waals surface area contributed by atoms with Gasteiger partial charge in [0.15, 0.2) is 5.65 Å². The molecular weight excluding hydrogens is 354 g/mol. The lowest BCUT2D eigenvalue weighted by molar-refractivity contribution is 0.0526. The van der Waals surface area contributed by atoms with Gasteiger partial charge >= 0.3 is 5.97 Å². The molecule has 6 heteroatoms. The van der Waals surface area contributed by atoms with Crippen LogP contribution in [0.5, 0.6) is 5.75 Å². The monoisotopic (exact) mass is 373 g/mol. The second-order valence-electron chi connectivity index (χ2n) is 6.14. The molecule has 0 unspecified atom stereocenters. The van der Waals surface area contributed by atoms with Crippen LogP contribution in [0.2, 0.25) is 0 Å². The van der Waals surface area contributed by atoms with Crippen LogP contribution in [0, 0.1) is 0 Å². The maximum Gasteiger partial charge on any atom is 0.339 e. The number of hydrogen-bond donors (Lipinski definition) is 0. The predicted molar refractivity (Wildman–Crippen MR) is 107 cm³/mol. The SMILES string of the molecule is CCOC(=O)c1cnc2c(c1)c(-c1cccc(OC)c1)nn2-c1ccccc1. The molecule has 0 atom stereocenters. The van der Waals surface area contributed by atoms with E-state index in [1.165, 1.54) is 6.20 Å². The number of methoxy groups -OCH3 is 1. The summed E-state index contributed by atoms with van der Waals surface area (Å²) >= 11 is 0. The van der Waals surface area contributed by atoms with Crippen molar-refractivity contribution in [3.8, 4) is 22.7 Å². The molecule has 0 radical (unpaired) electrons. The first-order valence-electron chi connectivity index (χ1n) is 8.97. The first kappa shape index (κ1) is 17.7. The van der Waals surface area contributed by atoms with Gasteiger partial charge in [0.2, 0.25) is 0 Å². The van der Waals surface area contributed by atoms with Crippen LogP contribution in [-0.2, 0) is 4.74 Å². The molecule has 28 heavy (non-hydrogen) atoms. The number of rotatable bonds is 5. The van der Waals surface area contributed by atoms with Gasteiger partial charge in [-0.3, -0.25) is 0 Å². The highest BCUT2D eigenvalue weighted by Gasteiger charge is 2.18. The minimum Gasteiger partial charge on any atom is -0.497 e. The Hall–Kier alpha value is -3.67. The van der Waals surface area contributed by atoms with Crippen molar-refractivity contribution in [2.45, 2.75) is 6.92 Å². The predicted octanol–water partition coefficient (Wildman–Crippen LogP) is 4.27. The molecular formula is C22H19N3O3. The van der Waals surface area contributed by atoms with E-state index in [0.29, 0.717) is 17.8 Å². The van der Waals surface area contributed by atoms with Crippen molar-refractivity contribution in [2.75, 3.05) is 13.7 Å². The van der Waals surface area contributed by atoms with Gasteiger partial charge in [-0.15, -0.1) is 0 Å². The highest BCUT2D eigenvalue weighted by Crippen LogP contribution is 2.31. The van der Waals surface area contributed by atoms with Crippen molar-refractivity contribution in [2.24, 2.45) is 0 Å². The third-order valence-electron chi connectivity index (χ3n) is 4.38. The standard InChI is InChI=1S/C22H19N3O3/c1-3-28-22(26)16-13-19-20(15-8-7-11-18(12-15)27-2)24-25(21(19)23-14-16)17-9-5-4-6-10-17/h4-14H,3H2,1-2H3. The minimum absolute atomic E-state index is 0.308. The Morgan fingerprint density at radius 1 is 1.07 bits per heavy atom. The van der Waals surface area contributed by atoms with Crippen LogP contribution in [0.25, 0.3) is 28.0 Å². The summed E-state index contributed by atoms with van der Waals surface area (Å²) in [5, 5.41) is 5.56. The van der Waals surface area contributed by atoms with E-state index < -0.39 is 5.97 Å². The van der Waals surface area contributed by atoms with E-state index in [4.69, 9.17) is 14.6 Å². The van der Waals surface area contributed by atoms with Crippen LogP contribution in [0.3, 0.4) is 0 Å². The van der Waals surface area contributed by atoms with Crippen LogP contribution in [0.15, 0.2) is 66.9 Å². The molecule has 6 nitrogen and oxygen atoms in total. The molecule has 2 aromatic carbocycles. The van der Waals surface area contributed by atoms with Gasteiger partial charge in [-0.2, -0.15) is 5.10 Å². The second kappa shape index (κ2) is 7.52. The number of nitrogens with zero attached hydrogens (tertiary/aromatic N) is 3. The fourth-order valence-corrected chi connectivity index (χ4v) is 3.06. The molecule has 0 aliphatic carbocycles. The molecule has 0 saturated heterocycles. The lowest BCUT2D eigenvalue weighted by Gasteiger charge is -2.04. The van der Waals surface area contributed by atoms with E-state index in [-0.39, 0.29) is 0 Å². The molecule has 0 bridgehead atoms. The molecule has 0 aliphatic rings. The van der Waals surface area contributed by atoms with Crippen molar-refractivity contribution in [3.05, 3.63) is 72.4 Å². The summed E-state index contributed by atoms with van der Waals surface area (Å²) in [5.41, 5.74) is 3.54. The van der Waals surface area contributed by atoms with E-state index in [0.717, 1.165) is 28.1 Å². The van der Waals surface area contributed by atoms with Crippen molar-refractivity contribution in [1.29, 1.82) is 0 Å². The Bertz CT molecular complexity index is 1140. The molecule has 4 aromatic rings. The van der Waals surface area contributed by atoms with Crippen LogP contribution in [0.4, 0.5) is 0 Å². The third-order valence-corrected chi connectivity index (χ3v) is 4.38. The molecule has 0 fully saturated rings. The van der Waals surface area contributed by atoms with Gasteiger partial charge in [-0.25, -0.2) is 14.5 Å². The maximum atomic E-state index is 12.2. The van der Waals surface area contributed by atoms with Gasteiger partial charge < -0.3 is 9.47 Å². The topological polar surface area (TPSA) is 66.2 Å². The van der Waals surface area contributed by atoms with Gasteiger partial charge in [0.1, 0.15) is 11.4 Å². The number of para-hydroxylation sites is 1. The first-order chi connectivity index (χ1) is 13.7. The summed E-state index contributed by atoms with van der Waals surface area (Å²) in [7, 11) is 1.63. The molecule has 0 spiro atoms. The fraction of sp³-hybridized carbons (Fsp3) is 0.136. The number of esters is 1. The molecule has 2 heterocycles. The summed E-state index contributed by atoms with van der Waals surface area (Å²) in [4.78, 5) is 16.7. The zero-order valence-corrected chi connectivity index (χ0v) is 15.6. The second-order valence-corrected chi connectivity index (χ2v) is 6.14. The molecule has 0 aliphatic heterocycles. The summed E-state index contributed by atoms with van der Waals surface area (Å²) in [5.74, 6) is 0.329. The third kappa shape index (κ3) is 3.20. The van der Waals surface area contributed by atoms with E-state index >= 15 is 0 Å². The van der Waals surface area contributed by atoms with E-state index in [2.05, 4.69) is 4.98 Å². The average molecular weight is 373 g/mol. The number of fused-ring (bicyclic) bond motifs is 1. The molecule has 2 aromatic heterocycles. The van der Waals surface area contributed by atoms with Crippen molar-refractivity contribution in [3.63, 3.8) is 0 Å². The summed E-state index contributed by atoms with van der Waals surface area (Å²) in [6, 6.07) is 19.2. The van der Waals surface area contributed by atoms with Crippen LogP contribution in [-0.4, -0.2) is 34.5 Å². The highest BCUT2D eigenvalue weighted by atomic mass is 16.5. The molecule has 4 rings (SSSR count). The Balaban J connectivity index is 1.96. The lowest BCUT2D eigenvalue weighted by atomic mass is 10.1. The zero-order chi connectivity index (χ0) is 19.5. The summed E-state index contributed by atoms with van der Waals surface area (Å²) < 4.78 is 12.3. The highest BCUT2D eigenvalue weighted by molar-refractivity contribution is 5.98. The van der Waals surface area contributed by atoms with E-state index in [9.17, 15) is 4.79 Å². The number of benzene rings is 2. The van der Waals surface area contributed by atoms with Crippen molar-refractivity contribution >= 4 is 17.0 Å². The molecule has 140 valence electrons. The number of carbonyl (C=O) groups excluding carboxylic acids is 1. The van der Waals surface area contributed by atoms with Crippen LogP contribution < -0.4 is 4.74 Å². The zero-order valence-electron chi connectivity index (χ0n) is 15.6. The van der Waals surface area contributed by atoms with Crippen molar-refractivity contribution in [1.82, 2.24) is 14.8 Å². The average Bonchev–Trinajstić information content (AvgIpc) is 3.13. The Kier molecular flexibility index (Phi) is 4.76. The fourth-order valence-electron chi connectivity index (χ4n) is 3.06. The number of pyridine rings is 1. The van der Waals surface area contributed by atoms with Crippen LogP contribution in [0.1, 0.15) is 17.3 Å². The number of hydrogen-bond acceptors (Lipinski definition) is 5. The quantitative estimate of drug-likeness (QED) is 0.489. The number of carbonyl (C=O) groups is 1. The van der Waals surface area contributed by atoms with E-state index in [1.807, 2.05) is 54.6 Å².